The molecule has 1 N–H and O–H groups in total. The van der Waals surface area contributed by atoms with Crippen LogP contribution < -0.4 is 0 Å². The third-order valence-corrected chi connectivity index (χ3v) is 4.92. The lowest BCUT2D eigenvalue weighted by Crippen LogP contribution is -2.08. The number of aryl methyl sites for hydroxylation is 1. The third kappa shape index (κ3) is 4.04. The molecule has 18 heavy (non-hydrogen) atoms. The molecule has 8 heteroatoms. The van der Waals surface area contributed by atoms with Crippen molar-refractivity contribution in [2.75, 3.05) is 6.61 Å². The first-order chi connectivity index (χ1) is 8.28. The van der Waals surface area contributed by atoms with Crippen molar-refractivity contribution in [2.45, 2.75) is 11.8 Å². The lowest BCUT2D eigenvalue weighted by Gasteiger charge is -2.12. The summed E-state index contributed by atoms with van der Waals surface area (Å²) in [5.74, 6) is 0. The Kier molecular flexibility index (Phi) is 4.84. The molecule has 1 atom stereocenters. The number of hydrogen-bond donors (Lipinski definition) is 1. The van der Waals surface area contributed by atoms with Gasteiger partial charge >= 0.3 is 17.9 Å². The highest BCUT2D eigenvalue weighted by molar-refractivity contribution is 7.90. The van der Waals surface area contributed by atoms with E-state index >= 15 is 0 Å². The Morgan fingerprint density at radius 2 is 2.06 bits per heavy atom. The molecule has 0 radical (unpaired) electrons. The quantitative estimate of drug-likeness (QED) is 0.637. The number of rotatable bonds is 6. The maximum absolute atomic E-state index is 11.8. The van der Waals surface area contributed by atoms with Crippen molar-refractivity contribution in [1.29, 1.82) is 0 Å². The minimum absolute atomic E-state index is 0.179. The molecule has 0 aliphatic rings. The molecule has 1 aromatic rings. The van der Waals surface area contributed by atoms with Crippen LogP contribution in [0.5, 0.6) is 0 Å². The fourth-order valence-electron chi connectivity index (χ4n) is 1.17. The Labute approximate surface area is 106 Å². The minimum atomic E-state index is -4.68. The molecule has 0 bridgehead atoms. The average Bonchev–Trinajstić information content (AvgIpc) is 2.25. The summed E-state index contributed by atoms with van der Waals surface area (Å²) < 4.78 is 43.5. The summed E-state index contributed by atoms with van der Waals surface area (Å²) in [6.45, 7) is 4.52. The van der Waals surface area contributed by atoms with Crippen molar-refractivity contribution >= 4 is 17.9 Å². The zero-order valence-corrected chi connectivity index (χ0v) is 11.4. The van der Waals surface area contributed by atoms with Gasteiger partial charge in [0.15, 0.2) is 0 Å². The van der Waals surface area contributed by atoms with Gasteiger partial charge in [0.1, 0.15) is 0 Å². The van der Waals surface area contributed by atoms with Gasteiger partial charge in [-0.15, -0.1) is 6.58 Å². The molecule has 0 spiro atoms. The molecular weight excluding hydrogens is 279 g/mol. The molecule has 6 nitrogen and oxygen atoms in total. The molecule has 0 heterocycles. The molecule has 1 aromatic carbocycles. The van der Waals surface area contributed by atoms with Crippen LogP contribution in [0.1, 0.15) is 5.56 Å². The van der Waals surface area contributed by atoms with Gasteiger partial charge in [-0.05, 0) is 18.6 Å². The fourth-order valence-corrected chi connectivity index (χ4v) is 3.66. The Hall–Kier alpha value is -0.980. The third-order valence-electron chi connectivity index (χ3n) is 1.91. The van der Waals surface area contributed by atoms with Crippen LogP contribution in [0.25, 0.3) is 0 Å². The van der Waals surface area contributed by atoms with Crippen LogP contribution in [0.15, 0.2) is 41.8 Å². The summed E-state index contributed by atoms with van der Waals surface area (Å²) in [4.78, 5) is 9.04. The summed E-state index contributed by atoms with van der Waals surface area (Å²) >= 11 is 0. The van der Waals surface area contributed by atoms with Crippen LogP contribution >= 0.6 is 7.82 Å². The number of phosphoric ester groups is 1. The van der Waals surface area contributed by atoms with E-state index in [4.69, 9.17) is 0 Å². The van der Waals surface area contributed by atoms with Crippen LogP contribution in [0.4, 0.5) is 0 Å². The van der Waals surface area contributed by atoms with Crippen molar-refractivity contribution < 1.29 is 26.4 Å². The van der Waals surface area contributed by atoms with Crippen LogP contribution in [0.3, 0.4) is 0 Å². The van der Waals surface area contributed by atoms with E-state index < -0.39 is 17.9 Å². The van der Waals surface area contributed by atoms with Gasteiger partial charge in [-0.2, -0.15) is 12.4 Å². The molecule has 0 saturated heterocycles. The first-order valence-electron chi connectivity index (χ1n) is 4.88. The van der Waals surface area contributed by atoms with E-state index in [0.29, 0.717) is 5.56 Å². The van der Waals surface area contributed by atoms with E-state index in [9.17, 15) is 17.9 Å². The Morgan fingerprint density at radius 1 is 1.44 bits per heavy atom. The second-order valence-electron chi connectivity index (χ2n) is 3.35. The zero-order chi connectivity index (χ0) is 13.8. The standard InChI is InChI=1S/C10H13O6PS/c1-3-8-15-17(11,12)16-18(13,14)10-7-5-4-6-9(10)2/h3-7H,1,8H2,2H3,(H,11,12). The molecule has 100 valence electrons. The summed E-state index contributed by atoms with van der Waals surface area (Å²) in [5.41, 5.74) is 0.404. The highest BCUT2D eigenvalue weighted by atomic mass is 32.2. The zero-order valence-electron chi connectivity index (χ0n) is 9.64. The van der Waals surface area contributed by atoms with Gasteiger partial charge in [-0.1, -0.05) is 24.3 Å². The monoisotopic (exact) mass is 292 g/mol. The lowest BCUT2D eigenvalue weighted by atomic mass is 10.2. The molecular formula is C10H13O6PS. The first kappa shape index (κ1) is 15.1. The normalized spacial score (nSPS) is 15.0. The number of hydrogen-bond acceptors (Lipinski definition) is 5. The predicted molar refractivity (Wildman–Crippen MR) is 65.4 cm³/mol. The van der Waals surface area contributed by atoms with Crippen LogP contribution in [0, 0.1) is 6.92 Å². The van der Waals surface area contributed by atoms with Crippen molar-refractivity contribution in [3.8, 4) is 0 Å². The largest absolute Gasteiger partial charge is 0.487 e. The molecule has 1 rings (SSSR count). The first-order valence-corrected chi connectivity index (χ1v) is 7.79. The molecule has 0 amide bonds. The van der Waals surface area contributed by atoms with Crippen molar-refractivity contribution in [2.24, 2.45) is 0 Å². The highest BCUT2D eigenvalue weighted by Crippen LogP contribution is 2.46. The summed E-state index contributed by atoms with van der Waals surface area (Å²) in [5, 5.41) is 0. The molecule has 0 aromatic heterocycles. The predicted octanol–water partition coefficient (Wildman–Crippen LogP) is 2.00. The maximum Gasteiger partial charge on any atom is 0.487 e. The number of phosphoric acid groups is 1. The van der Waals surface area contributed by atoms with Gasteiger partial charge in [0, 0.05) is 0 Å². The van der Waals surface area contributed by atoms with Gasteiger partial charge in [0.2, 0.25) is 0 Å². The Morgan fingerprint density at radius 3 is 2.61 bits per heavy atom. The van der Waals surface area contributed by atoms with E-state index in [-0.39, 0.29) is 11.5 Å². The van der Waals surface area contributed by atoms with E-state index in [0.717, 1.165) is 0 Å². The summed E-state index contributed by atoms with van der Waals surface area (Å²) in [6.07, 6.45) is 1.20. The molecule has 0 fully saturated rings. The smallest absolute Gasteiger partial charge is 0.302 e. The van der Waals surface area contributed by atoms with E-state index in [1.54, 1.807) is 19.1 Å². The lowest BCUT2D eigenvalue weighted by molar-refractivity contribution is 0.225. The van der Waals surface area contributed by atoms with Crippen molar-refractivity contribution in [3.63, 3.8) is 0 Å². The van der Waals surface area contributed by atoms with Crippen LogP contribution in [-0.2, 0) is 23.2 Å². The summed E-state index contributed by atoms with van der Waals surface area (Å²) in [7, 11) is -9.03. The second kappa shape index (κ2) is 5.77. The van der Waals surface area contributed by atoms with E-state index in [1.165, 1.54) is 18.2 Å². The minimum Gasteiger partial charge on any atom is -0.302 e. The molecule has 0 aliphatic heterocycles. The SMILES string of the molecule is C=CCOP(=O)(O)OS(=O)(=O)c1ccccc1C. The van der Waals surface area contributed by atoms with Crippen molar-refractivity contribution in [1.82, 2.24) is 0 Å². The van der Waals surface area contributed by atoms with Gasteiger partial charge in [-0.3, -0.25) is 4.52 Å². The van der Waals surface area contributed by atoms with E-state index in [2.05, 4.69) is 15.1 Å². The van der Waals surface area contributed by atoms with Gasteiger partial charge < -0.3 is 4.89 Å². The Bertz CT molecular complexity index is 580. The Balaban J connectivity index is 2.99. The molecule has 1 unspecified atom stereocenters. The summed E-state index contributed by atoms with van der Waals surface area (Å²) in [6, 6.07) is 5.94. The maximum atomic E-state index is 11.8. The second-order valence-corrected chi connectivity index (χ2v) is 6.49. The average molecular weight is 292 g/mol. The molecule has 0 saturated carbocycles. The number of benzene rings is 1. The topological polar surface area (TPSA) is 89.9 Å². The molecule has 0 aliphatic carbocycles. The van der Waals surface area contributed by atoms with Gasteiger partial charge in [0.25, 0.3) is 0 Å². The highest BCUT2D eigenvalue weighted by Gasteiger charge is 2.31. The fraction of sp³-hybridized carbons (Fsp3) is 0.200. The van der Waals surface area contributed by atoms with Gasteiger partial charge in [0.05, 0.1) is 11.5 Å². The van der Waals surface area contributed by atoms with E-state index in [1.807, 2.05) is 0 Å². The van der Waals surface area contributed by atoms with Crippen LogP contribution in [-0.4, -0.2) is 19.9 Å². The van der Waals surface area contributed by atoms with Gasteiger partial charge in [-0.25, -0.2) is 4.57 Å². The van der Waals surface area contributed by atoms with Crippen LogP contribution in [0.2, 0.25) is 0 Å². The van der Waals surface area contributed by atoms with Crippen molar-refractivity contribution in [3.05, 3.63) is 42.5 Å².